The Balaban J connectivity index is 0. The second-order valence-electron chi connectivity index (χ2n) is 4.37. The topological polar surface area (TPSA) is 0 Å². The molecule has 0 radical (unpaired) electrons. The molecule has 0 aliphatic rings. The summed E-state index contributed by atoms with van der Waals surface area (Å²) in [4.78, 5) is 0. The summed E-state index contributed by atoms with van der Waals surface area (Å²) >= 11 is 0. The molecule has 0 bridgehead atoms. The zero-order chi connectivity index (χ0) is 14.8. The molecule has 0 saturated heterocycles. The lowest BCUT2D eigenvalue weighted by atomic mass is 10.1. The van der Waals surface area contributed by atoms with E-state index < -0.39 is 0 Å². The molecule has 0 aliphatic carbocycles. The summed E-state index contributed by atoms with van der Waals surface area (Å²) in [7, 11) is 0. The summed E-state index contributed by atoms with van der Waals surface area (Å²) in [6.07, 6.45) is 6.62. The van der Waals surface area contributed by atoms with Crippen molar-refractivity contribution in [1.82, 2.24) is 0 Å². The van der Waals surface area contributed by atoms with E-state index in [0.717, 1.165) is 17.5 Å². The summed E-state index contributed by atoms with van der Waals surface area (Å²) in [6.45, 7) is 13.2. The van der Waals surface area contributed by atoms with Gasteiger partial charge in [-0.1, -0.05) is 108 Å². The maximum absolute atomic E-state index is 3.69. The first-order valence-corrected chi connectivity index (χ1v) is 6.79. The molecule has 22 heavy (non-hydrogen) atoms. The van der Waals surface area contributed by atoms with Crippen molar-refractivity contribution >= 4 is 18.2 Å². The summed E-state index contributed by atoms with van der Waals surface area (Å²) in [6, 6.07) is 16.5. The molecule has 0 aliphatic heterocycles. The van der Waals surface area contributed by atoms with Crippen LogP contribution in [0.3, 0.4) is 0 Å². The van der Waals surface area contributed by atoms with Gasteiger partial charge in [-0.2, -0.15) is 0 Å². The fraction of sp³-hybridized carbons (Fsp3) is 0.182. The molecule has 2 aromatic carbocycles. The highest BCUT2D eigenvalue weighted by molar-refractivity contribution is 5.53. The first kappa shape index (κ1) is 21.9. The van der Waals surface area contributed by atoms with Crippen LogP contribution in [0.5, 0.6) is 0 Å². The van der Waals surface area contributed by atoms with Gasteiger partial charge in [0.15, 0.2) is 0 Å². The molecule has 0 heterocycles. The predicted octanol–water partition coefficient (Wildman–Crippen LogP) is 7.14. The third-order valence-electron chi connectivity index (χ3n) is 3.03. The summed E-state index contributed by atoms with van der Waals surface area (Å²) in [5.41, 5.74) is 4.86. The fourth-order valence-electron chi connectivity index (χ4n) is 1.66. The average molecular weight is 294 g/mol. The quantitative estimate of drug-likeness (QED) is 0.562. The van der Waals surface area contributed by atoms with Crippen LogP contribution in [0.1, 0.15) is 44.0 Å². The second-order valence-corrected chi connectivity index (χ2v) is 4.37. The van der Waals surface area contributed by atoms with Gasteiger partial charge in [-0.15, -0.1) is 0 Å². The molecule has 2 aromatic rings. The third-order valence-corrected chi connectivity index (χ3v) is 3.03. The summed E-state index contributed by atoms with van der Waals surface area (Å²) in [5, 5.41) is 0. The van der Waals surface area contributed by atoms with Gasteiger partial charge in [0.25, 0.3) is 0 Å². The minimum atomic E-state index is 0. The molecule has 0 atom stereocenters. The number of hydrogen-bond acceptors (Lipinski definition) is 0. The zero-order valence-corrected chi connectivity index (χ0v) is 12.2. The van der Waals surface area contributed by atoms with E-state index in [2.05, 4.69) is 50.9 Å². The van der Waals surface area contributed by atoms with Gasteiger partial charge < -0.3 is 0 Å². The maximum atomic E-state index is 3.69. The first-order chi connectivity index (χ1) is 9.73. The molecule has 0 N–H and O–H groups in total. The van der Waals surface area contributed by atoms with E-state index >= 15 is 0 Å². The van der Waals surface area contributed by atoms with Crippen LogP contribution in [0.25, 0.3) is 18.2 Å². The van der Waals surface area contributed by atoms with Gasteiger partial charge >= 0.3 is 0 Å². The number of rotatable bonds is 4. The van der Waals surface area contributed by atoms with Gasteiger partial charge in [0.1, 0.15) is 0 Å². The van der Waals surface area contributed by atoms with Crippen molar-refractivity contribution in [1.29, 1.82) is 0 Å². The second kappa shape index (κ2) is 12.4. The number of hydrogen-bond donors (Lipinski definition) is 0. The van der Waals surface area contributed by atoms with Crippen LogP contribution in [0, 0.1) is 0 Å². The fourth-order valence-corrected chi connectivity index (χ4v) is 1.66. The minimum Gasteiger partial charge on any atom is -0.0985 e. The van der Waals surface area contributed by atoms with Gasteiger partial charge in [-0.3, -0.25) is 0 Å². The highest BCUT2D eigenvalue weighted by atomic mass is 13.9. The minimum absolute atomic E-state index is 0. The monoisotopic (exact) mass is 294 g/mol. The normalized spacial score (nSPS) is 8.23. The molecule has 0 aromatic heterocycles. The van der Waals surface area contributed by atoms with E-state index in [1.54, 1.807) is 0 Å². The van der Waals surface area contributed by atoms with E-state index in [0.29, 0.717) is 0 Å². The number of benzene rings is 2. The van der Waals surface area contributed by atoms with Gasteiger partial charge in [-0.05, 0) is 28.7 Å². The SMILES string of the molecule is C.C.C=Cc1ccc(C=C)cc1.C=Cc1ccc(CC)cc1. The van der Waals surface area contributed by atoms with Crippen molar-refractivity contribution in [2.45, 2.75) is 28.2 Å². The Bertz CT molecular complexity index is 515. The zero-order valence-electron chi connectivity index (χ0n) is 12.2. The van der Waals surface area contributed by atoms with E-state index in [1.807, 2.05) is 42.5 Å². The van der Waals surface area contributed by atoms with Crippen molar-refractivity contribution in [3.63, 3.8) is 0 Å². The van der Waals surface area contributed by atoms with Crippen LogP contribution in [-0.4, -0.2) is 0 Å². The number of aryl methyl sites for hydroxylation is 1. The molecule has 0 saturated carbocycles. The molecule has 0 nitrogen and oxygen atoms in total. The van der Waals surface area contributed by atoms with E-state index in [-0.39, 0.29) is 14.9 Å². The Morgan fingerprint density at radius 2 is 0.909 bits per heavy atom. The van der Waals surface area contributed by atoms with Gasteiger partial charge in [0.05, 0.1) is 0 Å². The van der Waals surface area contributed by atoms with Crippen LogP contribution in [-0.2, 0) is 6.42 Å². The lowest BCUT2D eigenvalue weighted by Gasteiger charge is -1.95. The summed E-state index contributed by atoms with van der Waals surface area (Å²) < 4.78 is 0. The molecule has 2 rings (SSSR count). The third kappa shape index (κ3) is 7.44. The van der Waals surface area contributed by atoms with Crippen molar-refractivity contribution in [2.24, 2.45) is 0 Å². The Labute approximate surface area is 137 Å². The van der Waals surface area contributed by atoms with Gasteiger partial charge in [0, 0.05) is 0 Å². The van der Waals surface area contributed by atoms with Crippen LogP contribution in [0.2, 0.25) is 0 Å². The van der Waals surface area contributed by atoms with Crippen molar-refractivity contribution < 1.29 is 0 Å². The van der Waals surface area contributed by atoms with Gasteiger partial charge in [-0.25, -0.2) is 0 Å². The van der Waals surface area contributed by atoms with Gasteiger partial charge in [0.2, 0.25) is 0 Å². The van der Waals surface area contributed by atoms with Crippen LogP contribution in [0.15, 0.2) is 68.3 Å². The Morgan fingerprint density at radius 3 is 1.14 bits per heavy atom. The predicted molar refractivity (Wildman–Crippen MR) is 106 cm³/mol. The smallest absolute Gasteiger partial charge is 0.0262 e. The molecule has 0 unspecified atom stereocenters. The van der Waals surface area contributed by atoms with Crippen molar-refractivity contribution in [3.8, 4) is 0 Å². The molecule has 118 valence electrons. The lowest BCUT2D eigenvalue weighted by molar-refractivity contribution is 1.14. The molecule has 0 fully saturated rings. The molecular weight excluding hydrogens is 264 g/mol. The Kier molecular flexibility index (Phi) is 12.4. The van der Waals surface area contributed by atoms with E-state index in [1.165, 1.54) is 11.1 Å². The highest BCUT2D eigenvalue weighted by Gasteiger charge is 1.86. The maximum Gasteiger partial charge on any atom is -0.0262 e. The summed E-state index contributed by atoms with van der Waals surface area (Å²) in [5.74, 6) is 0. The standard InChI is InChI=1S/C10H12.C10H10.2CH4/c2*1-3-9-5-7-10(4-2)8-6-9;;/h3,5-8H,1,4H2,2H3;3-8H,1-2H2;2*1H4. The Morgan fingerprint density at radius 1 is 0.636 bits per heavy atom. The molecule has 0 heteroatoms. The van der Waals surface area contributed by atoms with Crippen LogP contribution in [0.4, 0.5) is 0 Å². The van der Waals surface area contributed by atoms with Crippen molar-refractivity contribution in [3.05, 3.63) is 90.5 Å². The molecular formula is C22H30. The Hall–Kier alpha value is -2.34. The molecule has 0 amide bonds. The first-order valence-electron chi connectivity index (χ1n) is 6.79. The van der Waals surface area contributed by atoms with E-state index in [4.69, 9.17) is 0 Å². The largest absolute Gasteiger partial charge is 0.0985 e. The van der Waals surface area contributed by atoms with Crippen LogP contribution >= 0.6 is 0 Å². The van der Waals surface area contributed by atoms with Crippen molar-refractivity contribution in [2.75, 3.05) is 0 Å². The highest BCUT2D eigenvalue weighted by Crippen LogP contribution is 2.06. The van der Waals surface area contributed by atoms with Crippen LogP contribution < -0.4 is 0 Å². The van der Waals surface area contributed by atoms with E-state index in [9.17, 15) is 0 Å². The average Bonchev–Trinajstić information content (AvgIpc) is 2.55. The lowest BCUT2D eigenvalue weighted by Crippen LogP contribution is -1.78. The molecule has 0 spiro atoms.